The second-order valence-corrected chi connectivity index (χ2v) is 7.69. The van der Waals surface area contributed by atoms with E-state index in [4.69, 9.17) is 9.84 Å². The zero-order chi connectivity index (χ0) is 21.7. The van der Waals surface area contributed by atoms with Crippen LogP contribution in [0.2, 0.25) is 0 Å². The third-order valence-corrected chi connectivity index (χ3v) is 5.29. The van der Waals surface area contributed by atoms with Crippen LogP contribution in [0.25, 0.3) is 11.1 Å². The van der Waals surface area contributed by atoms with Crippen LogP contribution in [0.4, 0.5) is 4.79 Å². The molecule has 0 saturated carbocycles. The first kappa shape index (κ1) is 21.4. The first-order chi connectivity index (χ1) is 14.4. The molecule has 3 N–H and O–H groups in total. The number of hydrogen-bond acceptors (Lipinski definition) is 4. The minimum Gasteiger partial charge on any atom is -0.480 e. The van der Waals surface area contributed by atoms with Gasteiger partial charge in [0.1, 0.15) is 13.2 Å². The summed E-state index contributed by atoms with van der Waals surface area (Å²) < 4.78 is 5.52. The predicted molar refractivity (Wildman–Crippen MR) is 112 cm³/mol. The Morgan fingerprint density at radius 3 is 2.10 bits per heavy atom. The van der Waals surface area contributed by atoms with Crippen molar-refractivity contribution in [3.05, 3.63) is 59.7 Å². The molecule has 1 aliphatic rings. The van der Waals surface area contributed by atoms with E-state index >= 15 is 0 Å². The number of aliphatic carboxylic acids is 1. The second kappa shape index (κ2) is 9.43. The highest BCUT2D eigenvalue weighted by Gasteiger charge is 2.29. The summed E-state index contributed by atoms with van der Waals surface area (Å²) in [5, 5.41) is 13.7. The van der Waals surface area contributed by atoms with Gasteiger partial charge >= 0.3 is 12.1 Å². The zero-order valence-electron chi connectivity index (χ0n) is 17.1. The van der Waals surface area contributed by atoms with E-state index < -0.39 is 30.6 Å². The quantitative estimate of drug-likeness (QED) is 0.620. The minimum atomic E-state index is -1.12. The molecule has 0 fully saturated rings. The number of rotatable bonds is 8. The van der Waals surface area contributed by atoms with Crippen molar-refractivity contribution in [2.45, 2.75) is 32.2 Å². The molecule has 7 nitrogen and oxygen atoms in total. The van der Waals surface area contributed by atoms with E-state index in [9.17, 15) is 14.4 Å². The SMILES string of the molecule is CC(C)C(CC(=O)NCC(=O)O)NC(=O)OCC1c2ccccc2-c2ccccc21. The van der Waals surface area contributed by atoms with Gasteiger partial charge in [0, 0.05) is 18.4 Å². The van der Waals surface area contributed by atoms with Crippen LogP contribution in [-0.4, -0.2) is 42.3 Å². The van der Waals surface area contributed by atoms with Gasteiger partial charge in [-0.1, -0.05) is 62.4 Å². The van der Waals surface area contributed by atoms with Gasteiger partial charge in [0.25, 0.3) is 0 Å². The second-order valence-electron chi connectivity index (χ2n) is 7.69. The van der Waals surface area contributed by atoms with E-state index in [1.54, 1.807) is 0 Å². The summed E-state index contributed by atoms with van der Waals surface area (Å²) in [7, 11) is 0. The third-order valence-electron chi connectivity index (χ3n) is 5.29. The van der Waals surface area contributed by atoms with Crippen LogP contribution in [0.15, 0.2) is 48.5 Å². The Bertz CT molecular complexity index is 895. The molecular formula is C23H26N2O5. The van der Waals surface area contributed by atoms with Crippen LogP contribution >= 0.6 is 0 Å². The third kappa shape index (κ3) is 4.97. The van der Waals surface area contributed by atoms with Crippen LogP contribution in [-0.2, 0) is 14.3 Å². The molecule has 0 aromatic heterocycles. The van der Waals surface area contributed by atoms with Crippen molar-refractivity contribution in [3.8, 4) is 11.1 Å². The van der Waals surface area contributed by atoms with Crippen molar-refractivity contribution >= 4 is 18.0 Å². The van der Waals surface area contributed by atoms with Crippen LogP contribution in [0.1, 0.15) is 37.3 Å². The number of fused-ring (bicyclic) bond motifs is 3. The number of nitrogens with one attached hydrogen (secondary N) is 2. The number of hydrogen-bond donors (Lipinski definition) is 3. The zero-order valence-corrected chi connectivity index (χ0v) is 17.1. The summed E-state index contributed by atoms with van der Waals surface area (Å²) in [5.41, 5.74) is 4.55. The fourth-order valence-corrected chi connectivity index (χ4v) is 3.69. The number of carboxylic acids is 1. The molecule has 2 amide bonds. The van der Waals surface area contributed by atoms with E-state index in [2.05, 4.69) is 22.8 Å². The summed E-state index contributed by atoms with van der Waals surface area (Å²) in [6, 6.07) is 15.7. The predicted octanol–water partition coefficient (Wildman–Crippen LogP) is 3.14. The minimum absolute atomic E-state index is 0.0187. The van der Waals surface area contributed by atoms with Gasteiger partial charge in [0.2, 0.25) is 5.91 Å². The van der Waals surface area contributed by atoms with Gasteiger partial charge in [-0.15, -0.1) is 0 Å². The van der Waals surface area contributed by atoms with Crippen molar-refractivity contribution in [2.75, 3.05) is 13.2 Å². The lowest BCUT2D eigenvalue weighted by Gasteiger charge is -2.22. The standard InChI is InChI=1S/C23H26N2O5/c1-14(2)20(11-21(26)24-12-22(27)28)25-23(29)30-13-19-17-9-5-3-7-15(17)16-8-4-6-10-18(16)19/h3-10,14,19-20H,11-13H2,1-2H3,(H,24,26)(H,25,29)(H,27,28). The van der Waals surface area contributed by atoms with Crippen molar-refractivity contribution in [1.29, 1.82) is 0 Å². The number of carbonyl (C=O) groups is 3. The lowest BCUT2D eigenvalue weighted by Crippen LogP contribution is -2.43. The van der Waals surface area contributed by atoms with Gasteiger partial charge in [-0.05, 0) is 28.2 Å². The fourth-order valence-electron chi connectivity index (χ4n) is 3.69. The van der Waals surface area contributed by atoms with Crippen LogP contribution in [0, 0.1) is 5.92 Å². The molecule has 0 spiro atoms. The Balaban J connectivity index is 1.61. The number of amides is 2. The van der Waals surface area contributed by atoms with E-state index in [1.165, 1.54) is 0 Å². The molecule has 1 atom stereocenters. The number of carboxylic acid groups (broad SMARTS) is 1. The highest BCUT2D eigenvalue weighted by Crippen LogP contribution is 2.44. The molecular weight excluding hydrogens is 384 g/mol. The number of carbonyl (C=O) groups excluding carboxylic acids is 2. The van der Waals surface area contributed by atoms with Gasteiger partial charge < -0.3 is 20.5 Å². The first-order valence-electron chi connectivity index (χ1n) is 9.96. The van der Waals surface area contributed by atoms with Gasteiger partial charge in [0.05, 0.1) is 0 Å². The maximum absolute atomic E-state index is 12.4. The van der Waals surface area contributed by atoms with Crippen molar-refractivity contribution in [2.24, 2.45) is 5.92 Å². The molecule has 0 radical (unpaired) electrons. The largest absolute Gasteiger partial charge is 0.480 e. The Hall–Kier alpha value is -3.35. The molecule has 0 aliphatic heterocycles. The van der Waals surface area contributed by atoms with Crippen molar-refractivity contribution in [3.63, 3.8) is 0 Å². The average Bonchev–Trinajstić information content (AvgIpc) is 3.04. The summed E-state index contributed by atoms with van der Waals surface area (Å²) >= 11 is 0. The normalized spacial score (nSPS) is 13.3. The molecule has 0 saturated heterocycles. The topological polar surface area (TPSA) is 105 Å². The number of alkyl carbamates (subject to hydrolysis) is 1. The highest BCUT2D eigenvalue weighted by molar-refractivity contribution is 5.82. The van der Waals surface area contributed by atoms with Crippen molar-refractivity contribution in [1.82, 2.24) is 10.6 Å². The Morgan fingerprint density at radius 1 is 1.00 bits per heavy atom. The molecule has 7 heteroatoms. The van der Waals surface area contributed by atoms with Crippen molar-refractivity contribution < 1.29 is 24.2 Å². The smallest absolute Gasteiger partial charge is 0.407 e. The summed E-state index contributed by atoms with van der Waals surface area (Å²) in [5.74, 6) is -1.62. The number of ether oxygens (including phenoxy) is 1. The molecule has 1 aliphatic carbocycles. The highest BCUT2D eigenvalue weighted by atomic mass is 16.5. The molecule has 3 rings (SSSR count). The molecule has 0 bridgehead atoms. The molecule has 0 heterocycles. The molecule has 2 aromatic rings. The lowest BCUT2D eigenvalue weighted by molar-refractivity contribution is -0.138. The van der Waals surface area contributed by atoms with E-state index in [-0.39, 0.29) is 24.9 Å². The summed E-state index contributed by atoms with van der Waals surface area (Å²) in [6.07, 6.45) is -0.614. The molecule has 30 heavy (non-hydrogen) atoms. The Labute approximate surface area is 175 Å². The van der Waals surface area contributed by atoms with E-state index in [1.807, 2.05) is 50.2 Å². The van der Waals surface area contributed by atoms with Gasteiger partial charge in [-0.3, -0.25) is 9.59 Å². The summed E-state index contributed by atoms with van der Waals surface area (Å²) in [4.78, 5) is 34.9. The summed E-state index contributed by atoms with van der Waals surface area (Å²) in [6.45, 7) is 3.49. The van der Waals surface area contributed by atoms with Gasteiger partial charge in [0.15, 0.2) is 0 Å². The maximum atomic E-state index is 12.4. The average molecular weight is 410 g/mol. The monoisotopic (exact) mass is 410 g/mol. The molecule has 2 aromatic carbocycles. The Morgan fingerprint density at radius 2 is 1.57 bits per heavy atom. The fraction of sp³-hybridized carbons (Fsp3) is 0.348. The maximum Gasteiger partial charge on any atom is 0.407 e. The van der Waals surface area contributed by atoms with Crippen LogP contribution in [0.5, 0.6) is 0 Å². The van der Waals surface area contributed by atoms with Gasteiger partial charge in [-0.2, -0.15) is 0 Å². The van der Waals surface area contributed by atoms with Crippen LogP contribution < -0.4 is 10.6 Å². The Kier molecular flexibility index (Phi) is 6.72. The van der Waals surface area contributed by atoms with Crippen LogP contribution in [0.3, 0.4) is 0 Å². The molecule has 1 unspecified atom stereocenters. The lowest BCUT2D eigenvalue weighted by atomic mass is 9.98. The number of benzene rings is 2. The van der Waals surface area contributed by atoms with Gasteiger partial charge in [-0.25, -0.2) is 4.79 Å². The molecule has 158 valence electrons. The van der Waals surface area contributed by atoms with E-state index in [0.717, 1.165) is 22.3 Å². The first-order valence-corrected chi connectivity index (χ1v) is 9.96. The van der Waals surface area contributed by atoms with E-state index in [0.29, 0.717) is 0 Å².